The summed E-state index contributed by atoms with van der Waals surface area (Å²) in [5.74, 6) is -1.81. The highest BCUT2D eigenvalue weighted by atomic mass is 16.5. The van der Waals surface area contributed by atoms with E-state index in [2.05, 4.69) is 4.98 Å². The number of hydrogen-bond acceptors (Lipinski definition) is 6. The molecule has 3 amide bonds. The molecular weight excluding hydrogens is 388 g/mol. The summed E-state index contributed by atoms with van der Waals surface area (Å²) in [4.78, 5) is 52.5. The maximum absolute atomic E-state index is 12.9. The second-order valence-electron chi connectivity index (χ2n) is 7.37. The number of ether oxygens (including phenoxy) is 1. The van der Waals surface area contributed by atoms with Crippen molar-refractivity contribution in [3.8, 4) is 0 Å². The van der Waals surface area contributed by atoms with Gasteiger partial charge in [0, 0.05) is 13.0 Å². The van der Waals surface area contributed by atoms with Gasteiger partial charge >= 0.3 is 12.0 Å². The minimum Gasteiger partial charge on any atom is -0.452 e. The Kier molecular flexibility index (Phi) is 8.08. The number of nitrogens with zero attached hydrogens (tertiary/aromatic N) is 2. The quantitative estimate of drug-likeness (QED) is 0.600. The third kappa shape index (κ3) is 5.88. The van der Waals surface area contributed by atoms with Crippen LogP contribution in [0, 0.1) is 5.92 Å². The molecule has 2 rings (SSSR count). The molecule has 2 aromatic rings. The summed E-state index contributed by atoms with van der Waals surface area (Å²) in [6.45, 7) is 5.97. The van der Waals surface area contributed by atoms with Crippen molar-refractivity contribution in [3.05, 3.63) is 40.3 Å². The number of hydrogen-bond donors (Lipinski definition) is 2. The van der Waals surface area contributed by atoms with Gasteiger partial charge in [-0.25, -0.2) is 9.78 Å². The van der Waals surface area contributed by atoms with E-state index in [4.69, 9.17) is 10.5 Å². The summed E-state index contributed by atoms with van der Waals surface area (Å²) in [7, 11) is 0. The lowest BCUT2D eigenvalue weighted by molar-refractivity contribution is -0.158. The number of imide groups is 1. The second kappa shape index (κ2) is 10.5. The van der Waals surface area contributed by atoms with E-state index in [-0.39, 0.29) is 30.0 Å². The lowest BCUT2D eigenvalue weighted by Crippen LogP contribution is -2.45. The van der Waals surface area contributed by atoms with E-state index in [1.807, 2.05) is 36.5 Å². The number of primary amides is 1. The molecule has 0 saturated carbocycles. The summed E-state index contributed by atoms with van der Waals surface area (Å²) in [6, 6.07) is 6.35. The monoisotopic (exact) mass is 416 g/mol. The van der Waals surface area contributed by atoms with Crippen LogP contribution in [-0.2, 0) is 27.3 Å². The van der Waals surface area contributed by atoms with Crippen molar-refractivity contribution in [2.75, 3.05) is 0 Å². The molecule has 0 bridgehead atoms. The summed E-state index contributed by atoms with van der Waals surface area (Å²) >= 11 is 0. The van der Waals surface area contributed by atoms with Gasteiger partial charge in [0.25, 0.3) is 11.5 Å². The molecule has 0 radical (unpaired) electrons. The van der Waals surface area contributed by atoms with Crippen LogP contribution in [0.3, 0.4) is 0 Å². The molecule has 3 N–H and O–H groups in total. The average Bonchev–Trinajstić information content (AvgIpc) is 2.69. The first-order valence-electron chi connectivity index (χ1n) is 10.0. The van der Waals surface area contributed by atoms with Gasteiger partial charge in [0.2, 0.25) is 0 Å². The standard InChI is InChI=1S/C21H28N4O5/c1-4-5-12-25-16-9-7-6-8-14(16)23-15(20(25)28)10-11-17(26)30-18(13(2)3)19(27)24-21(22)29/h6-9,13,18H,4-5,10-12H2,1-3H3,(H3,22,24,27,29)/t18-/m1/s1. The van der Waals surface area contributed by atoms with E-state index >= 15 is 0 Å². The van der Waals surface area contributed by atoms with Crippen molar-refractivity contribution >= 4 is 28.9 Å². The Labute approximate surface area is 174 Å². The zero-order valence-corrected chi connectivity index (χ0v) is 17.5. The van der Waals surface area contributed by atoms with Crippen LogP contribution in [0.15, 0.2) is 29.1 Å². The maximum atomic E-state index is 12.9. The van der Waals surface area contributed by atoms with Crippen molar-refractivity contribution in [1.82, 2.24) is 14.9 Å². The molecule has 1 aromatic carbocycles. The van der Waals surface area contributed by atoms with Crippen LogP contribution < -0.4 is 16.6 Å². The number of urea groups is 1. The van der Waals surface area contributed by atoms with Gasteiger partial charge in [0.15, 0.2) is 6.10 Å². The molecule has 1 heterocycles. The molecule has 0 aliphatic rings. The van der Waals surface area contributed by atoms with E-state index in [0.29, 0.717) is 12.1 Å². The van der Waals surface area contributed by atoms with Crippen LogP contribution in [0.2, 0.25) is 0 Å². The molecule has 30 heavy (non-hydrogen) atoms. The number of para-hydroxylation sites is 2. The van der Waals surface area contributed by atoms with Crippen molar-refractivity contribution in [1.29, 1.82) is 0 Å². The predicted molar refractivity (Wildman–Crippen MR) is 112 cm³/mol. The maximum Gasteiger partial charge on any atom is 0.318 e. The molecule has 9 nitrogen and oxygen atoms in total. The number of nitrogens with two attached hydrogens (primary N) is 1. The van der Waals surface area contributed by atoms with E-state index in [0.717, 1.165) is 18.4 Å². The Balaban J connectivity index is 2.17. The topological polar surface area (TPSA) is 133 Å². The number of carbonyl (C=O) groups is 3. The highest BCUT2D eigenvalue weighted by molar-refractivity contribution is 5.96. The van der Waals surface area contributed by atoms with Gasteiger partial charge in [-0.1, -0.05) is 39.3 Å². The summed E-state index contributed by atoms with van der Waals surface area (Å²) in [6.07, 6.45) is 0.587. The first-order chi connectivity index (χ1) is 14.2. The highest BCUT2D eigenvalue weighted by Gasteiger charge is 2.27. The van der Waals surface area contributed by atoms with Crippen molar-refractivity contribution < 1.29 is 19.1 Å². The first-order valence-corrected chi connectivity index (χ1v) is 10.0. The molecule has 0 aliphatic carbocycles. The Morgan fingerprint density at radius 3 is 2.57 bits per heavy atom. The van der Waals surface area contributed by atoms with Gasteiger partial charge in [-0.2, -0.15) is 0 Å². The second-order valence-corrected chi connectivity index (χ2v) is 7.37. The molecule has 0 spiro atoms. The van der Waals surface area contributed by atoms with Crippen LogP contribution >= 0.6 is 0 Å². The fourth-order valence-corrected chi connectivity index (χ4v) is 3.05. The Hall–Kier alpha value is -3.23. The van der Waals surface area contributed by atoms with Crippen LogP contribution in [0.25, 0.3) is 11.0 Å². The smallest absolute Gasteiger partial charge is 0.318 e. The molecule has 1 aromatic heterocycles. The number of aromatic nitrogens is 2. The van der Waals surface area contributed by atoms with Gasteiger partial charge in [0.1, 0.15) is 5.69 Å². The minimum absolute atomic E-state index is 0.0802. The van der Waals surface area contributed by atoms with E-state index in [1.165, 1.54) is 0 Å². The molecule has 9 heteroatoms. The molecule has 0 aliphatic heterocycles. The van der Waals surface area contributed by atoms with Crippen LogP contribution in [0.1, 0.15) is 45.7 Å². The largest absolute Gasteiger partial charge is 0.452 e. The Morgan fingerprint density at radius 2 is 1.93 bits per heavy atom. The molecule has 162 valence electrons. The highest BCUT2D eigenvalue weighted by Crippen LogP contribution is 2.13. The number of unbranched alkanes of at least 4 members (excludes halogenated alkanes) is 1. The van der Waals surface area contributed by atoms with Gasteiger partial charge in [0.05, 0.1) is 17.5 Å². The average molecular weight is 416 g/mol. The van der Waals surface area contributed by atoms with Gasteiger partial charge < -0.3 is 15.0 Å². The van der Waals surface area contributed by atoms with Crippen LogP contribution in [0.4, 0.5) is 4.79 Å². The zero-order chi connectivity index (χ0) is 22.3. The number of esters is 1. The number of rotatable bonds is 9. The van der Waals surface area contributed by atoms with Gasteiger partial charge in [-0.05, 0) is 24.5 Å². The van der Waals surface area contributed by atoms with E-state index in [9.17, 15) is 19.2 Å². The van der Waals surface area contributed by atoms with Crippen molar-refractivity contribution in [2.24, 2.45) is 11.7 Å². The zero-order valence-electron chi connectivity index (χ0n) is 17.5. The number of nitrogens with one attached hydrogen (secondary N) is 1. The number of fused-ring (bicyclic) bond motifs is 1. The minimum atomic E-state index is -1.16. The normalized spacial score (nSPS) is 12.0. The number of carbonyl (C=O) groups excluding carboxylic acids is 3. The SMILES string of the molecule is CCCCn1c(=O)c(CCC(=O)O[C@@H](C(=O)NC(N)=O)C(C)C)nc2ccccc21. The number of aryl methyl sites for hydroxylation is 2. The molecule has 0 saturated heterocycles. The number of amides is 3. The van der Waals surface area contributed by atoms with Gasteiger partial charge in [-0.15, -0.1) is 0 Å². The third-order valence-corrected chi connectivity index (χ3v) is 4.59. The lowest BCUT2D eigenvalue weighted by Gasteiger charge is -2.19. The summed E-state index contributed by atoms with van der Waals surface area (Å²) in [5, 5.41) is 1.92. The lowest BCUT2D eigenvalue weighted by atomic mass is 10.1. The molecule has 0 unspecified atom stereocenters. The molecule has 0 fully saturated rings. The first kappa shape index (κ1) is 23.1. The Bertz CT molecular complexity index is 983. The summed E-state index contributed by atoms with van der Waals surface area (Å²) in [5.41, 5.74) is 6.42. The fourth-order valence-electron chi connectivity index (χ4n) is 3.05. The van der Waals surface area contributed by atoms with Crippen LogP contribution in [0.5, 0.6) is 0 Å². The van der Waals surface area contributed by atoms with Crippen molar-refractivity contribution in [2.45, 2.75) is 59.1 Å². The fraction of sp³-hybridized carbons (Fsp3) is 0.476. The van der Waals surface area contributed by atoms with Gasteiger partial charge in [-0.3, -0.25) is 19.7 Å². The Morgan fingerprint density at radius 1 is 1.23 bits per heavy atom. The van der Waals surface area contributed by atoms with E-state index in [1.54, 1.807) is 18.4 Å². The molecule has 1 atom stereocenters. The van der Waals surface area contributed by atoms with E-state index < -0.39 is 24.0 Å². The summed E-state index contributed by atoms with van der Waals surface area (Å²) < 4.78 is 6.91. The molecular formula is C21H28N4O5. The predicted octanol–water partition coefficient (Wildman–Crippen LogP) is 1.89. The number of benzene rings is 1. The third-order valence-electron chi connectivity index (χ3n) is 4.59. The van der Waals surface area contributed by atoms with Crippen LogP contribution in [-0.4, -0.2) is 33.6 Å². The van der Waals surface area contributed by atoms with Crippen molar-refractivity contribution in [3.63, 3.8) is 0 Å².